The van der Waals surface area contributed by atoms with E-state index in [0.717, 1.165) is 18.9 Å². The summed E-state index contributed by atoms with van der Waals surface area (Å²) < 4.78 is 13.7. The molecule has 1 aromatic carbocycles. The van der Waals surface area contributed by atoms with E-state index in [4.69, 9.17) is 0 Å². The first-order chi connectivity index (χ1) is 13.1. The van der Waals surface area contributed by atoms with Crippen LogP contribution < -0.4 is 10.2 Å². The van der Waals surface area contributed by atoms with Crippen molar-refractivity contribution in [2.24, 2.45) is 11.8 Å². The molecule has 2 aromatic rings. The normalized spacial score (nSPS) is 21.7. The van der Waals surface area contributed by atoms with Crippen LogP contribution >= 0.6 is 0 Å². The Bertz CT molecular complexity index is 837. The summed E-state index contributed by atoms with van der Waals surface area (Å²) >= 11 is 0. The second-order valence-corrected chi connectivity index (χ2v) is 6.92. The van der Waals surface area contributed by atoms with E-state index in [1.54, 1.807) is 18.3 Å². The Morgan fingerprint density at radius 2 is 1.74 bits per heavy atom. The second-order valence-electron chi connectivity index (χ2n) is 6.92. The Kier molecular flexibility index (Phi) is 4.75. The van der Waals surface area contributed by atoms with Crippen molar-refractivity contribution in [3.63, 3.8) is 0 Å². The van der Waals surface area contributed by atoms with E-state index in [1.165, 1.54) is 12.1 Å². The van der Waals surface area contributed by atoms with Gasteiger partial charge in [0.15, 0.2) is 0 Å². The van der Waals surface area contributed by atoms with Gasteiger partial charge < -0.3 is 15.1 Å². The summed E-state index contributed by atoms with van der Waals surface area (Å²) in [4.78, 5) is 33.3. The fourth-order valence-corrected chi connectivity index (χ4v) is 3.48. The van der Waals surface area contributed by atoms with Gasteiger partial charge in [0.05, 0.1) is 17.5 Å². The molecule has 2 atom stereocenters. The largest absolute Gasteiger partial charge is 0.353 e. The van der Waals surface area contributed by atoms with Crippen LogP contribution in [-0.4, -0.2) is 47.9 Å². The molecule has 2 unspecified atom stereocenters. The van der Waals surface area contributed by atoms with E-state index < -0.39 is 5.82 Å². The molecular formula is C20H21FN4O2. The van der Waals surface area contributed by atoms with Crippen molar-refractivity contribution in [2.45, 2.75) is 6.42 Å². The van der Waals surface area contributed by atoms with Crippen molar-refractivity contribution in [3.05, 3.63) is 54.5 Å². The molecule has 0 radical (unpaired) electrons. The molecule has 140 valence electrons. The van der Waals surface area contributed by atoms with E-state index in [2.05, 4.69) is 15.2 Å². The monoisotopic (exact) mass is 368 g/mol. The molecule has 1 aliphatic heterocycles. The molecule has 6 nitrogen and oxygen atoms in total. The van der Waals surface area contributed by atoms with Crippen LogP contribution in [0.25, 0.3) is 0 Å². The molecule has 1 saturated carbocycles. The Morgan fingerprint density at radius 1 is 1.00 bits per heavy atom. The van der Waals surface area contributed by atoms with Crippen LogP contribution in [0.5, 0.6) is 0 Å². The zero-order chi connectivity index (χ0) is 18.8. The maximum absolute atomic E-state index is 13.7. The summed E-state index contributed by atoms with van der Waals surface area (Å²) in [6.07, 6.45) is 2.29. The predicted octanol–water partition coefficient (Wildman–Crippen LogP) is 2.14. The van der Waals surface area contributed by atoms with E-state index in [0.29, 0.717) is 19.5 Å². The molecule has 2 aliphatic rings. The van der Waals surface area contributed by atoms with E-state index in [-0.39, 0.29) is 29.3 Å². The number of amides is 2. The Balaban J connectivity index is 1.29. The van der Waals surface area contributed by atoms with Crippen molar-refractivity contribution in [3.8, 4) is 0 Å². The minimum atomic E-state index is -0.472. The van der Waals surface area contributed by atoms with Gasteiger partial charge in [-0.05, 0) is 30.7 Å². The quantitative estimate of drug-likeness (QED) is 0.898. The summed E-state index contributed by atoms with van der Waals surface area (Å²) in [5.74, 6) is -0.489. The number of anilines is 2. The van der Waals surface area contributed by atoms with Gasteiger partial charge in [-0.15, -0.1) is 0 Å². The Labute approximate surface area is 157 Å². The standard InChI is InChI=1S/C20H21FN4O2/c21-16-5-1-2-6-17(16)23-19(26)14-13-15(14)20(27)25-11-9-24(10-12-25)18-7-3-4-8-22-18/h1-8,14-15H,9-13H2,(H,23,26). The lowest BCUT2D eigenvalue weighted by Gasteiger charge is -2.35. The maximum Gasteiger partial charge on any atom is 0.228 e. The molecule has 1 aliphatic carbocycles. The van der Waals surface area contributed by atoms with Gasteiger partial charge >= 0.3 is 0 Å². The molecule has 2 fully saturated rings. The third kappa shape index (κ3) is 3.77. The number of halogens is 1. The molecule has 2 heterocycles. The van der Waals surface area contributed by atoms with Crippen LogP contribution in [0.3, 0.4) is 0 Å². The number of piperazine rings is 1. The molecule has 1 saturated heterocycles. The number of benzene rings is 1. The molecule has 27 heavy (non-hydrogen) atoms. The van der Waals surface area contributed by atoms with Crippen molar-refractivity contribution in [1.29, 1.82) is 0 Å². The van der Waals surface area contributed by atoms with E-state index >= 15 is 0 Å². The summed E-state index contributed by atoms with van der Waals surface area (Å²) in [6, 6.07) is 11.8. The maximum atomic E-state index is 13.7. The smallest absolute Gasteiger partial charge is 0.228 e. The topological polar surface area (TPSA) is 65.5 Å². The highest BCUT2D eigenvalue weighted by Crippen LogP contribution is 2.41. The zero-order valence-corrected chi connectivity index (χ0v) is 14.8. The first kappa shape index (κ1) is 17.5. The van der Waals surface area contributed by atoms with Crippen LogP contribution in [0.2, 0.25) is 0 Å². The third-order valence-corrected chi connectivity index (χ3v) is 5.14. The highest BCUT2D eigenvalue weighted by atomic mass is 19.1. The number of nitrogens with zero attached hydrogens (tertiary/aromatic N) is 3. The van der Waals surface area contributed by atoms with Gasteiger partial charge in [-0.2, -0.15) is 0 Å². The van der Waals surface area contributed by atoms with Crippen LogP contribution in [0.15, 0.2) is 48.7 Å². The number of para-hydroxylation sites is 1. The van der Waals surface area contributed by atoms with Gasteiger partial charge in [-0.1, -0.05) is 18.2 Å². The molecular weight excluding hydrogens is 347 g/mol. The van der Waals surface area contributed by atoms with Crippen LogP contribution in [-0.2, 0) is 9.59 Å². The lowest BCUT2D eigenvalue weighted by molar-refractivity contribution is -0.134. The lowest BCUT2D eigenvalue weighted by Crippen LogP contribution is -2.49. The molecule has 2 amide bonds. The number of aromatic nitrogens is 1. The highest BCUT2D eigenvalue weighted by Gasteiger charge is 2.49. The van der Waals surface area contributed by atoms with Crippen LogP contribution in [0.4, 0.5) is 15.9 Å². The first-order valence-electron chi connectivity index (χ1n) is 9.13. The third-order valence-electron chi connectivity index (χ3n) is 5.14. The molecule has 1 aromatic heterocycles. The zero-order valence-electron chi connectivity index (χ0n) is 14.8. The Morgan fingerprint density at radius 3 is 2.44 bits per heavy atom. The fraction of sp³-hybridized carbons (Fsp3) is 0.350. The summed E-state index contributed by atoms with van der Waals surface area (Å²) in [5, 5.41) is 2.59. The lowest BCUT2D eigenvalue weighted by atomic mass is 10.2. The van der Waals surface area contributed by atoms with Gasteiger partial charge in [0.2, 0.25) is 11.8 Å². The summed E-state index contributed by atoms with van der Waals surface area (Å²) in [5.41, 5.74) is 0.157. The fourth-order valence-electron chi connectivity index (χ4n) is 3.48. The first-order valence-corrected chi connectivity index (χ1v) is 9.13. The number of nitrogens with one attached hydrogen (secondary N) is 1. The number of hydrogen-bond donors (Lipinski definition) is 1. The van der Waals surface area contributed by atoms with E-state index in [1.807, 2.05) is 23.1 Å². The molecule has 1 N–H and O–H groups in total. The number of hydrogen-bond acceptors (Lipinski definition) is 4. The average Bonchev–Trinajstić information content (AvgIpc) is 3.51. The molecule has 7 heteroatoms. The second kappa shape index (κ2) is 7.34. The number of rotatable bonds is 4. The van der Waals surface area contributed by atoms with Gasteiger partial charge in [-0.25, -0.2) is 9.37 Å². The SMILES string of the molecule is O=C(Nc1ccccc1F)C1CC1C(=O)N1CCN(c2ccccn2)CC1. The average molecular weight is 368 g/mol. The van der Waals surface area contributed by atoms with Crippen molar-refractivity contribution in [2.75, 3.05) is 36.4 Å². The minimum absolute atomic E-state index is 0.0179. The molecule has 0 bridgehead atoms. The number of carbonyl (C=O) groups is 2. The van der Waals surface area contributed by atoms with Crippen LogP contribution in [0.1, 0.15) is 6.42 Å². The van der Waals surface area contributed by atoms with Gasteiger partial charge in [0.25, 0.3) is 0 Å². The summed E-state index contributed by atoms with van der Waals surface area (Å²) in [7, 11) is 0. The van der Waals surface area contributed by atoms with Gasteiger partial charge in [-0.3, -0.25) is 9.59 Å². The van der Waals surface area contributed by atoms with Crippen LogP contribution in [0, 0.1) is 17.7 Å². The number of carbonyl (C=O) groups excluding carboxylic acids is 2. The van der Waals surface area contributed by atoms with Crippen molar-refractivity contribution < 1.29 is 14.0 Å². The summed E-state index contributed by atoms with van der Waals surface area (Å²) in [6.45, 7) is 2.68. The Hall–Kier alpha value is -2.96. The van der Waals surface area contributed by atoms with Crippen molar-refractivity contribution >= 4 is 23.3 Å². The van der Waals surface area contributed by atoms with Gasteiger partial charge in [0, 0.05) is 32.4 Å². The molecule has 0 spiro atoms. The molecule has 4 rings (SSSR count). The highest BCUT2D eigenvalue weighted by molar-refractivity contribution is 5.99. The number of pyridine rings is 1. The minimum Gasteiger partial charge on any atom is -0.353 e. The van der Waals surface area contributed by atoms with Crippen molar-refractivity contribution in [1.82, 2.24) is 9.88 Å². The predicted molar refractivity (Wildman–Crippen MR) is 99.7 cm³/mol. The van der Waals surface area contributed by atoms with E-state index in [9.17, 15) is 14.0 Å². The van der Waals surface area contributed by atoms with Gasteiger partial charge in [0.1, 0.15) is 11.6 Å².